The molecular weight excluding hydrogens is 240 g/mol. The second-order valence-corrected chi connectivity index (χ2v) is 4.56. The van der Waals surface area contributed by atoms with Crippen LogP contribution in [0.5, 0.6) is 0 Å². The number of aliphatic hydroxyl groups excluding tert-OH is 1. The summed E-state index contributed by atoms with van der Waals surface area (Å²) < 4.78 is 0. The normalized spacial score (nSPS) is 13.8. The molecule has 2 atom stereocenters. The van der Waals surface area contributed by atoms with Crippen LogP contribution in [0.25, 0.3) is 11.1 Å². The number of carbonyl (C=O) groups is 1. The van der Waals surface area contributed by atoms with Crippen LogP contribution in [0.15, 0.2) is 54.6 Å². The molecule has 2 aromatic carbocycles. The van der Waals surface area contributed by atoms with Gasteiger partial charge in [0.2, 0.25) is 0 Å². The van der Waals surface area contributed by atoms with Gasteiger partial charge in [0, 0.05) is 0 Å². The van der Waals surface area contributed by atoms with Crippen LogP contribution in [0.1, 0.15) is 18.6 Å². The molecule has 0 fully saturated rings. The zero-order chi connectivity index (χ0) is 13.8. The van der Waals surface area contributed by atoms with Crippen molar-refractivity contribution < 1.29 is 15.0 Å². The van der Waals surface area contributed by atoms with E-state index in [1.54, 1.807) is 12.1 Å². The van der Waals surface area contributed by atoms with Gasteiger partial charge in [-0.05, 0) is 23.6 Å². The molecule has 0 aliphatic rings. The standard InChI is InChI=1S/C16H16O3/c1-11(16(18)19)15(17)14-9-7-13(8-10-14)12-5-3-2-4-6-12/h2-11,15,17H,1H3,(H,18,19). The number of carboxylic acid groups (broad SMARTS) is 1. The van der Waals surface area contributed by atoms with Gasteiger partial charge >= 0.3 is 5.97 Å². The molecule has 3 nitrogen and oxygen atoms in total. The van der Waals surface area contributed by atoms with Gasteiger partial charge in [-0.2, -0.15) is 0 Å². The zero-order valence-corrected chi connectivity index (χ0v) is 10.7. The van der Waals surface area contributed by atoms with E-state index in [0.29, 0.717) is 5.56 Å². The lowest BCUT2D eigenvalue weighted by molar-refractivity contribution is -0.145. The molecule has 2 N–H and O–H groups in total. The molecule has 98 valence electrons. The summed E-state index contributed by atoms with van der Waals surface area (Å²) in [5, 5.41) is 18.8. The molecule has 3 heteroatoms. The molecule has 0 aliphatic carbocycles. The van der Waals surface area contributed by atoms with Crippen LogP contribution in [-0.2, 0) is 4.79 Å². The van der Waals surface area contributed by atoms with Gasteiger partial charge in [0.05, 0.1) is 12.0 Å². The van der Waals surface area contributed by atoms with Crippen molar-refractivity contribution in [3.8, 4) is 11.1 Å². The van der Waals surface area contributed by atoms with Gasteiger partial charge in [-0.3, -0.25) is 4.79 Å². The summed E-state index contributed by atoms with van der Waals surface area (Å²) in [5.74, 6) is -1.82. The summed E-state index contributed by atoms with van der Waals surface area (Å²) in [6.07, 6.45) is -0.984. The highest BCUT2D eigenvalue weighted by molar-refractivity contribution is 5.70. The largest absolute Gasteiger partial charge is 0.481 e. The van der Waals surface area contributed by atoms with E-state index in [9.17, 15) is 9.90 Å². The first-order valence-corrected chi connectivity index (χ1v) is 6.16. The summed E-state index contributed by atoms with van der Waals surface area (Å²) in [7, 11) is 0. The van der Waals surface area contributed by atoms with Gasteiger partial charge < -0.3 is 10.2 Å². The Hall–Kier alpha value is -2.13. The fraction of sp³-hybridized carbons (Fsp3) is 0.188. The average molecular weight is 256 g/mol. The van der Waals surface area contributed by atoms with Crippen molar-refractivity contribution in [2.75, 3.05) is 0 Å². The molecule has 2 aromatic rings. The van der Waals surface area contributed by atoms with E-state index >= 15 is 0 Å². The Bertz CT molecular complexity index is 546. The van der Waals surface area contributed by atoms with Crippen LogP contribution in [0.4, 0.5) is 0 Å². The smallest absolute Gasteiger partial charge is 0.309 e. The predicted molar refractivity (Wildman–Crippen MR) is 73.6 cm³/mol. The van der Waals surface area contributed by atoms with Gasteiger partial charge in [0.25, 0.3) is 0 Å². The maximum Gasteiger partial charge on any atom is 0.309 e. The van der Waals surface area contributed by atoms with Gasteiger partial charge in [-0.15, -0.1) is 0 Å². The van der Waals surface area contributed by atoms with E-state index in [1.807, 2.05) is 42.5 Å². The van der Waals surface area contributed by atoms with Crippen molar-refractivity contribution in [1.29, 1.82) is 0 Å². The minimum atomic E-state index is -1.00. The van der Waals surface area contributed by atoms with Crippen molar-refractivity contribution in [3.63, 3.8) is 0 Å². The number of hydrogen-bond donors (Lipinski definition) is 2. The number of carboxylic acids is 1. The maximum atomic E-state index is 10.8. The Balaban J connectivity index is 2.22. The first-order valence-electron chi connectivity index (χ1n) is 6.16. The highest BCUT2D eigenvalue weighted by Crippen LogP contribution is 2.25. The molecular formula is C16H16O3. The Morgan fingerprint density at radius 3 is 2.00 bits per heavy atom. The monoisotopic (exact) mass is 256 g/mol. The number of aliphatic hydroxyl groups is 1. The lowest BCUT2D eigenvalue weighted by Gasteiger charge is -2.15. The molecule has 0 saturated carbocycles. The Kier molecular flexibility index (Phi) is 3.97. The van der Waals surface area contributed by atoms with E-state index < -0.39 is 18.0 Å². The fourth-order valence-electron chi connectivity index (χ4n) is 1.93. The van der Waals surface area contributed by atoms with Gasteiger partial charge in [-0.25, -0.2) is 0 Å². The second kappa shape index (κ2) is 5.67. The Morgan fingerprint density at radius 2 is 1.47 bits per heavy atom. The first-order chi connectivity index (χ1) is 9.09. The molecule has 0 aliphatic heterocycles. The van der Waals surface area contributed by atoms with Crippen molar-refractivity contribution in [3.05, 3.63) is 60.2 Å². The van der Waals surface area contributed by atoms with Gasteiger partial charge in [-0.1, -0.05) is 54.6 Å². The number of rotatable bonds is 4. The SMILES string of the molecule is CC(C(=O)O)C(O)c1ccc(-c2ccccc2)cc1. The fourth-order valence-corrected chi connectivity index (χ4v) is 1.93. The van der Waals surface area contributed by atoms with E-state index in [2.05, 4.69) is 0 Å². The van der Waals surface area contributed by atoms with Crippen molar-refractivity contribution in [1.82, 2.24) is 0 Å². The summed E-state index contributed by atoms with van der Waals surface area (Å²) in [4.78, 5) is 10.8. The number of aliphatic carboxylic acids is 1. The molecule has 2 unspecified atom stereocenters. The highest BCUT2D eigenvalue weighted by Gasteiger charge is 2.22. The molecule has 0 aromatic heterocycles. The molecule has 0 radical (unpaired) electrons. The second-order valence-electron chi connectivity index (χ2n) is 4.56. The number of benzene rings is 2. The van der Waals surface area contributed by atoms with E-state index in [-0.39, 0.29) is 0 Å². The van der Waals surface area contributed by atoms with E-state index in [1.165, 1.54) is 6.92 Å². The zero-order valence-electron chi connectivity index (χ0n) is 10.7. The summed E-state index contributed by atoms with van der Waals surface area (Å²) >= 11 is 0. The summed E-state index contributed by atoms with van der Waals surface area (Å²) in [6.45, 7) is 1.50. The molecule has 0 spiro atoms. The minimum absolute atomic E-state index is 0.620. The quantitative estimate of drug-likeness (QED) is 0.883. The Morgan fingerprint density at radius 1 is 0.947 bits per heavy atom. The van der Waals surface area contributed by atoms with Crippen LogP contribution in [0.2, 0.25) is 0 Å². The first kappa shape index (κ1) is 13.3. The van der Waals surface area contributed by atoms with Crippen molar-refractivity contribution in [2.45, 2.75) is 13.0 Å². The van der Waals surface area contributed by atoms with E-state index in [0.717, 1.165) is 11.1 Å². The van der Waals surface area contributed by atoms with Crippen molar-refractivity contribution in [2.24, 2.45) is 5.92 Å². The lowest BCUT2D eigenvalue weighted by atomic mass is 9.95. The van der Waals surface area contributed by atoms with Crippen LogP contribution >= 0.6 is 0 Å². The number of hydrogen-bond acceptors (Lipinski definition) is 2. The van der Waals surface area contributed by atoms with Crippen LogP contribution in [0, 0.1) is 5.92 Å². The predicted octanol–water partition coefficient (Wildman–Crippen LogP) is 3.11. The third-order valence-electron chi connectivity index (χ3n) is 3.22. The molecule has 0 heterocycles. The van der Waals surface area contributed by atoms with E-state index in [4.69, 9.17) is 5.11 Å². The Labute approximate surface area is 112 Å². The molecule has 0 bridgehead atoms. The van der Waals surface area contributed by atoms with Crippen LogP contribution in [-0.4, -0.2) is 16.2 Å². The van der Waals surface area contributed by atoms with Crippen LogP contribution < -0.4 is 0 Å². The molecule has 0 amide bonds. The highest BCUT2D eigenvalue weighted by atomic mass is 16.4. The molecule has 2 rings (SSSR count). The summed E-state index contributed by atoms with van der Waals surface area (Å²) in [6, 6.07) is 17.2. The third-order valence-corrected chi connectivity index (χ3v) is 3.22. The molecule has 0 saturated heterocycles. The maximum absolute atomic E-state index is 10.8. The summed E-state index contributed by atoms with van der Waals surface area (Å²) in [5.41, 5.74) is 2.75. The van der Waals surface area contributed by atoms with Gasteiger partial charge in [0.1, 0.15) is 0 Å². The third kappa shape index (κ3) is 3.01. The van der Waals surface area contributed by atoms with Crippen LogP contribution in [0.3, 0.4) is 0 Å². The molecule has 19 heavy (non-hydrogen) atoms. The minimum Gasteiger partial charge on any atom is -0.481 e. The lowest BCUT2D eigenvalue weighted by Crippen LogP contribution is -2.18. The van der Waals surface area contributed by atoms with Gasteiger partial charge in [0.15, 0.2) is 0 Å². The topological polar surface area (TPSA) is 57.5 Å². The average Bonchev–Trinajstić information content (AvgIpc) is 2.46. The van der Waals surface area contributed by atoms with Crippen molar-refractivity contribution >= 4 is 5.97 Å².